The fourth-order valence-electron chi connectivity index (χ4n) is 9.90. The second kappa shape index (κ2) is 10.4. The van der Waals surface area contributed by atoms with E-state index in [1.165, 1.54) is 19.6 Å². The summed E-state index contributed by atoms with van der Waals surface area (Å²) in [5, 5.41) is 22.7. The number of carbonyl (C=O) groups excluding carboxylic acids is 2. The van der Waals surface area contributed by atoms with Crippen molar-refractivity contribution in [2.24, 2.45) is 39.9 Å². The maximum atomic E-state index is 13.2. The Labute approximate surface area is 229 Å². The van der Waals surface area contributed by atoms with Gasteiger partial charge in [-0.05, 0) is 111 Å². The molecule has 4 fully saturated rings. The standard InChI is InChI=1S/C32H50O6/c1-18(2)10-9-11-21(29(36)37-8)27-23-16-25(35)28-30(5)14-13-24(34)19(3)22(30)12-15-31(28,6)32(23,7)17-26(27)38-20(4)33/h10,19,22-26,28,34-35H,9,11-17H2,1-8H3/t19-,22?,23+,24+,25+,26-,28?,30-,31-,32-/m0/s1. The predicted molar refractivity (Wildman–Crippen MR) is 147 cm³/mol. The number of methoxy groups -OCH3 is 1. The maximum absolute atomic E-state index is 13.2. The van der Waals surface area contributed by atoms with E-state index in [0.717, 1.165) is 31.3 Å². The molecule has 0 aromatic rings. The Bertz CT molecular complexity index is 1010. The Morgan fingerprint density at radius 3 is 2.32 bits per heavy atom. The Hall–Kier alpha value is -1.66. The lowest BCUT2D eigenvalue weighted by Crippen LogP contribution is -2.65. The van der Waals surface area contributed by atoms with Crippen LogP contribution in [0.3, 0.4) is 0 Å². The largest absolute Gasteiger partial charge is 0.466 e. The second-order valence-electron chi connectivity index (χ2n) is 13.8. The van der Waals surface area contributed by atoms with Gasteiger partial charge in [-0.1, -0.05) is 39.3 Å². The topological polar surface area (TPSA) is 93.1 Å². The van der Waals surface area contributed by atoms with E-state index in [1.807, 2.05) is 13.8 Å². The van der Waals surface area contributed by atoms with Crippen molar-refractivity contribution < 1.29 is 29.3 Å². The molecule has 4 aliphatic carbocycles. The molecule has 0 aliphatic heterocycles. The number of rotatable bonds is 5. The molecule has 214 valence electrons. The van der Waals surface area contributed by atoms with E-state index < -0.39 is 12.2 Å². The van der Waals surface area contributed by atoms with Gasteiger partial charge in [-0.3, -0.25) is 4.79 Å². The summed E-state index contributed by atoms with van der Waals surface area (Å²) in [6.07, 6.45) is 6.87. The Kier molecular flexibility index (Phi) is 8.02. The molecule has 38 heavy (non-hydrogen) atoms. The minimum atomic E-state index is -0.531. The van der Waals surface area contributed by atoms with Crippen molar-refractivity contribution in [1.29, 1.82) is 0 Å². The SMILES string of the molecule is COC(=O)C(CCC=C(C)C)=C1[C@@H](OC(C)=O)C[C@@]2(C)[C@@H]1C[C@@H](O)C1[C@@]3(C)CC[C@@H](O)[C@@H](C)C3CC[C@@]12C. The molecule has 2 unspecified atom stereocenters. The van der Waals surface area contributed by atoms with E-state index in [0.29, 0.717) is 37.2 Å². The van der Waals surface area contributed by atoms with Gasteiger partial charge >= 0.3 is 11.9 Å². The molecular weight excluding hydrogens is 480 g/mol. The van der Waals surface area contributed by atoms with Crippen molar-refractivity contribution in [2.75, 3.05) is 7.11 Å². The molecular formula is C32H50O6. The van der Waals surface area contributed by atoms with Crippen LogP contribution in [0.1, 0.15) is 99.8 Å². The van der Waals surface area contributed by atoms with Gasteiger partial charge in [-0.25, -0.2) is 4.79 Å². The fourth-order valence-corrected chi connectivity index (χ4v) is 9.90. The van der Waals surface area contributed by atoms with Crippen LogP contribution in [0.2, 0.25) is 0 Å². The fraction of sp³-hybridized carbons (Fsp3) is 0.812. The lowest BCUT2D eigenvalue weighted by atomic mass is 9.36. The number of aliphatic hydroxyl groups excluding tert-OH is 2. The van der Waals surface area contributed by atoms with Crippen LogP contribution >= 0.6 is 0 Å². The molecule has 2 N–H and O–H groups in total. The third-order valence-corrected chi connectivity index (χ3v) is 11.7. The minimum absolute atomic E-state index is 0.0724. The Morgan fingerprint density at radius 2 is 1.71 bits per heavy atom. The van der Waals surface area contributed by atoms with E-state index in [1.54, 1.807) is 0 Å². The van der Waals surface area contributed by atoms with Crippen molar-refractivity contribution in [2.45, 2.75) is 118 Å². The minimum Gasteiger partial charge on any atom is -0.466 e. The third kappa shape index (κ3) is 4.48. The zero-order valence-electron chi connectivity index (χ0n) is 24.8. The highest BCUT2D eigenvalue weighted by Gasteiger charge is 2.70. The highest BCUT2D eigenvalue weighted by molar-refractivity contribution is 5.90. The van der Waals surface area contributed by atoms with Gasteiger partial charge in [-0.2, -0.15) is 0 Å². The van der Waals surface area contributed by atoms with Crippen LogP contribution in [-0.2, 0) is 19.1 Å². The first kappa shape index (κ1) is 29.3. The van der Waals surface area contributed by atoms with E-state index >= 15 is 0 Å². The summed E-state index contributed by atoms with van der Waals surface area (Å²) in [6.45, 7) is 14.7. The van der Waals surface area contributed by atoms with E-state index in [-0.39, 0.29) is 52.0 Å². The first-order chi connectivity index (χ1) is 17.7. The normalized spacial score (nSPS) is 45.3. The molecule has 0 bridgehead atoms. The highest BCUT2D eigenvalue weighted by Crippen LogP contribution is 2.74. The number of esters is 2. The van der Waals surface area contributed by atoms with E-state index in [4.69, 9.17) is 9.47 Å². The molecule has 4 aliphatic rings. The van der Waals surface area contributed by atoms with Crippen molar-refractivity contribution >= 4 is 11.9 Å². The van der Waals surface area contributed by atoms with Crippen molar-refractivity contribution in [3.63, 3.8) is 0 Å². The number of carbonyl (C=O) groups is 2. The summed E-state index contributed by atoms with van der Waals surface area (Å²) in [4.78, 5) is 25.5. The Balaban J connectivity index is 1.84. The van der Waals surface area contributed by atoms with Gasteiger partial charge in [0.15, 0.2) is 0 Å². The van der Waals surface area contributed by atoms with Gasteiger partial charge in [0.1, 0.15) is 6.10 Å². The van der Waals surface area contributed by atoms with Crippen LogP contribution in [0.4, 0.5) is 0 Å². The number of fused-ring (bicyclic) bond motifs is 5. The highest BCUT2D eigenvalue weighted by atomic mass is 16.5. The van der Waals surface area contributed by atoms with Crippen LogP contribution in [-0.4, -0.2) is 47.6 Å². The monoisotopic (exact) mass is 530 g/mol. The summed E-state index contributed by atoms with van der Waals surface area (Å²) in [7, 11) is 1.41. The molecule has 6 nitrogen and oxygen atoms in total. The lowest BCUT2D eigenvalue weighted by molar-refractivity contribution is -0.234. The van der Waals surface area contributed by atoms with Crippen LogP contribution < -0.4 is 0 Å². The maximum Gasteiger partial charge on any atom is 0.333 e. The van der Waals surface area contributed by atoms with Gasteiger partial charge in [0, 0.05) is 12.5 Å². The summed E-state index contributed by atoms with van der Waals surface area (Å²) >= 11 is 0. The molecule has 4 rings (SSSR count). The molecule has 6 heteroatoms. The van der Waals surface area contributed by atoms with Crippen LogP contribution in [0.15, 0.2) is 22.8 Å². The van der Waals surface area contributed by atoms with Crippen LogP contribution in [0.25, 0.3) is 0 Å². The van der Waals surface area contributed by atoms with Gasteiger partial charge in [0.2, 0.25) is 0 Å². The van der Waals surface area contributed by atoms with Crippen molar-refractivity contribution in [1.82, 2.24) is 0 Å². The molecule has 0 saturated heterocycles. The first-order valence-electron chi connectivity index (χ1n) is 14.7. The molecule has 10 atom stereocenters. The molecule has 0 radical (unpaired) electrons. The zero-order valence-corrected chi connectivity index (χ0v) is 24.8. The molecule has 0 aromatic carbocycles. The smallest absolute Gasteiger partial charge is 0.333 e. The summed E-state index contributed by atoms with van der Waals surface area (Å²) in [6, 6.07) is 0. The summed E-state index contributed by atoms with van der Waals surface area (Å²) < 4.78 is 11.2. The van der Waals surface area contributed by atoms with Gasteiger partial charge in [0.05, 0.1) is 19.3 Å². The number of hydrogen-bond acceptors (Lipinski definition) is 6. The average Bonchev–Trinajstić information content (AvgIpc) is 3.10. The number of ether oxygens (including phenoxy) is 2. The molecule has 4 saturated carbocycles. The van der Waals surface area contributed by atoms with Crippen LogP contribution in [0.5, 0.6) is 0 Å². The number of aliphatic hydroxyl groups is 2. The third-order valence-electron chi connectivity index (χ3n) is 11.7. The zero-order chi connectivity index (χ0) is 28.2. The first-order valence-corrected chi connectivity index (χ1v) is 14.7. The van der Waals surface area contributed by atoms with Gasteiger partial charge in [-0.15, -0.1) is 0 Å². The molecule has 0 heterocycles. The summed E-state index contributed by atoms with van der Waals surface area (Å²) in [5.74, 6) is -0.128. The van der Waals surface area contributed by atoms with Crippen molar-refractivity contribution in [3.8, 4) is 0 Å². The molecule has 0 aromatic heterocycles. The number of allylic oxidation sites excluding steroid dienone is 2. The van der Waals surface area contributed by atoms with Gasteiger partial charge < -0.3 is 19.7 Å². The lowest BCUT2D eigenvalue weighted by Gasteiger charge is -2.69. The summed E-state index contributed by atoms with van der Waals surface area (Å²) in [5.41, 5.74) is 2.13. The van der Waals surface area contributed by atoms with E-state index in [9.17, 15) is 19.8 Å². The average molecular weight is 531 g/mol. The van der Waals surface area contributed by atoms with Gasteiger partial charge in [0.25, 0.3) is 0 Å². The molecule has 0 spiro atoms. The molecule has 0 amide bonds. The van der Waals surface area contributed by atoms with Crippen LogP contribution in [0, 0.1) is 39.9 Å². The predicted octanol–water partition coefficient (Wildman–Crippen LogP) is 5.75. The van der Waals surface area contributed by atoms with E-state index in [2.05, 4.69) is 33.8 Å². The second-order valence-corrected chi connectivity index (χ2v) is 13.8. The van der Waals surface area contributed by atoms with Crippen molar-refractivity contribution in [3.05, 3.63) is 22.8 Å². The quantitative estimate of drug-likeness (QED) is 0.267. The number of hydrogen-bond donors (Lipinski definition) is 2. The Morgan fingerprint density at radius 1 is 1.03 bits per heavy atom.